The lowest BCUT2D eigenvalue weighted by Crippen LogP contribution is -2.40. The van der Waals surface area contributed by atoms with Crippen LogP contribution in [0.15, 0.2) is 28.7 Å². The van der Waals surface area contributed by atoms with Crippen LogP contribution >= 0.6 is 15.9 Å². The molecule has 1 heterocycles. The molecule has 0 amide bonds. The highest BCUT2D eigenvalue weighted by Gasteiger charge is 2.27. The average molecular weight is 338 g/mol. The Bertz CT molecular complexity index is 537. The number of hydrogen-bond acceptors (Lipinski definition) is 2. The van der Waals surface area contributed by atoms with Gasteiger partial charge in [0, 0.05) is 23.6 Å². The molecule has 0 atom stereocenters. The van der Waals surface area contributed by atoms with Crippen LogP contribution in [0.1, 0.15) is 32.3 Å². The lowest BCUT2D eigenvalue weighted by atomic mass is 9.84. The molecule has 1 N–H and O–H groups in total. The van der Waals surface area contributed by atoms with Crippen LogP contribution in [0.5, 0.6) is 0 Å². The zero-order valence-electron chi connectivity index (χ0n) is 11.9. The summed E-state index contributed by atoms with van der Waals surface area (Å²) in [6, 6.07) is 5.99. The van der Waals surface area contributed by atoms with E-state index in [1.54, 1.807) is 6.08 Å². The Kier molecular flexibility index (Phi) is 4.53. The number of carbonyl (C=O) groups is 1. The number of carboxylic acid groups (broad SMARTS) is 1. The first-order valence-corrected chi connectivity index (χ1v) is 7.62. The third-order valence-corrected chi connectivity index (χ3v) is 4.27. The largest absolute Gasteiger partial charge is 0.478 e. The molecular formula is C16H20BrNO2. The van der Waals surface area contributed by atoms with E-state index in [0.29, 0.717) is 5.41 Å². The molecule has 0 saturated carbocycles. The van der Waals surface area contributed by atoms with Crippen molar-refractivity contribution in [3.63, 3.8) is 0 Å². The number of hydrogen-bond donors (Lipinski definition) is 1. The Morgan fingerprint density at radius 3 is 2.80 bits per heavy atom. The second-order valence-corrected chi connectivity index (χ2v) is 6.93. The van der Waals surface area contributed by atoms with Crippen molar-refractivity contribution in [1.82, 2.24) is 0 Å². The van der Waals surface area contributed by atoms with Crippen molar-refractivity contribution in [3.05, 3.63) is 34.3 Å². The average Bonchev–Trinajstić information content (AvgIpc) is 2.35. The smallest absolute Gasteiger partial charge is 0.328 e. The number of carboxylic acids is 1. The summed E-state index contributed by atoms with van der Waals surface area (Å²) in [6.45, 7) is 6.73. The van der Waals surface area contributed by atoms with E-state index in [4.69, 9.17) is 5.11 Å². The summed E-state index contributed by atoms with van der Waals surface area (Å²) in [5, 5.41) is 8.65. The van der Waals surface area contributed by atoms with Gasteiger partial charge in [-0.05, 0) is 58.0 Å². The van der Waals surface area contributed by atoms with E-state index in [9.17, 15) is 4.79 Å². The van der Waals surface area contributed by atoms with Gasteiger partial charge in [0.2, 0.25) is 0 Å². The van der Waals surface area contributed by atoms with Crippen LogP contribution in [0.25, 0.3) is 6.08 Å². The number of aliphatic carboxylic acids is 1. The molecule has 108 valence electrons. The number of anilines is 1. The summed E-state index contributed by atoms with van der Waals surface area (Å²) >= 11 is 3.60. The second kappa shape index (κ2) is 6.00. The molecule has 0 aromatic heterocycles. The van der Waals surface area contributed by atoms with Gasteiger partial charge >= 0.3 is 5.97 Å². The third kappa shape index (κ3) is 3.85. The zero-order chi connectivity index (χ0) is 14.8. The maximum absolute atomic E-state index is 10.5. The predicted molar refractivity (Wildman–Crippen MR) is 86.0 cm³/mol. The van der Waals surface area contributed by atoms with Gasteiger partial charge in [-0.3, -0.25) is 0 Å². The quantitative estimate of drug-likeness (QED) is 0.841. The van der Waals surface area contributed by atoms with Crippen LogP contribution in [-0.2, 0) is 4.79 Å². The molecule has 1 aliphatic rings. The molecule has 0 unspecified atom stereocenters. The molecule has 1 saturated heterocycles. The summed E-state index contributed by atoms with van der Waals surface area (Å²) < 4.78 is 1.02. The molecule has 1 aliphatic heterocycles. The van der Waals surface area contributed by atoms with E-state index in [0.717, 1.165) is 29.2 Å². The highest BCUT2D eigenvalue weighted by molar-refractivity contribution is 9.10. The van der Waals surface area contributed by atoms with Gasteiger partial charge in [0.05, 0.1) is 5.69 Å². The number of rotatable bonds is 3. The maximum atomic E-state index is 10.5. The lowest BCUT2D eigenvalue weighted by Gasteiger charge is -2.39. The van der Waals surface area contributed by atoms with Crippen LogP contribution < -0.4 is 4.90 Å². The van der Waals surface area contributed by atoms with Gasteiger partial charge in [0.15, 0.2) is 0 Å². The van der Waals surface area contributed by atoms with Crippen molar-refractivity contribution < 1.29 is 9.90 Å². The first kappa shape index (κ1) is 15.1. The molecule has 0 bridgehead atoms. The van der Waals surface area contributed by atoms with Gasteiger partial charge < -0.3 is 10.0 Å². The number of halogens is 1. The maximum Gasteiger partial charge on any atom is 0.328 e. The standard InChI is InChI=1S/C16H20BrNO2/c1-16(2)8-3-9-18(11-16)14-6-4-12(10-13(14)17)5-7-15(19)20/h4-7,10H,3,8-9,11H2,1-2H3,(H,19,20)/b7-5+. The summed E-state index contributed by atoms with van der Waals surface area (Å²) in [7, 11) is 0. The van der Waals surface area contributed by atoms with Crippen molar-refractivity contribution in [1.29, 1.82) is 0 Å². The molecule has 1 aromatic carbocycles. The van der Waals surface area contributed by atoms with Crippen molar-refractivity contribution in [2.75, 3.05) is 18.0 Å². The van der Waals surface area contributed by atoms with E-state index >= 15 is 0 Å². The normalized spacial score (nSPS) is 18.4. The van der Waals surface area contributed by atoms with Crippen LogP contribution in [0.4, 0.5) is 5.69 Å². The Morgan fingerprint density at radius 1 is 1.45 bits per heavy atom. The van der Waals surface area contributed by atoms with E-state index in [1.165, 1.54) is 18.5 Å². The molecule has 0 radical (unpaired) electrons. The molecule has 0 spiro atoms. The molecule has 1 fully saturated rings. The van der Waals surface area contributed by atoms with Crippen LogP contribution in [0.2, 0.25) is 0 Å². The summed E-state index contributed by atoms with van der Waals surface area (Å²) in [6.07, 6.45) is 5.24. The topological polar surface area (TPSA) is 40.5 Å². The Labute approximate surface area is 128 Å². The van der Waals surface area contributed by atoms with Gasteiger partial charge in [-0.25, -0.2) is 4.79 Å². The third-order valence-electron chi connectivity index (χ3n) is 3.63. The highest BCUT2D eigenvalue weighted by Crippen LogP contribution is 2.35. The van der Waals surface area contributed by atoms with Crippen molar-refractivity contribution in [3.8, 4) is 0 Å². The summed E-state index contributed by atoms with van der Waals surface area (Å²) in [5.41, 5.74) is 2.42. The minimum absolute atomic E-state index is 0.347. The van der Waals surface area contributed by atoms with Crippen LogP contribution in [-0.4, -0.2) is 24.2 Å². The first-order valence-electron chi connectivity index (χ1n) is 6.83. The monoisotopic (exact) mass is 337 g/mol. The Hall–Kier alpha value is -1.29. The molecule has 20 heavy (non-hydrogen) atoms. The molecule has 1 aromatic rings. The fourth-order valence-corrected chi connectivity index (χ4v) is 3.33. The SMILES string of the molecule is CC1(C)CCCN(c2ccc(/C=C/C(=O)O)cc2Br)C1. The second-order valence-electron chi connectivity index (χ2n) is 6.07. The Balaban J connectivity index is 2.19. The van der Waals surface area contributed by atoms with Crippen molar-refractivity contribution >= 4 is 33.7 Å². The molecular weight excluding hydrogens is 318 g/mol. The Morgan fingerprint density at radius 2 is 2.20 bits per heavy atom. The lowest BCUT2D eigenvalue weighted by molar-refractivity contribution is -0.131. The van der Waals surface area contributed by atoms with E-state index in [2.05, 4.69) is 40.7 Å². The fraction of sp³-hybridized carbons (Fsp3) is 0.438. The fourth-order valence-electron chi connectivity index (χ4n) is 2.68. The van der Waals surface area contributed by atoms with Gasteiger partial charge in [-0.1, -0.05) is 19.9 Å². The summed E-state index contributed by atoms with van der Waals surface area (Å²) in [4.78, 5) is 12.9. The van der Waals surface area contributed by atoms with Crippen LogP contribution in [0.3, 0.4) is 0 Å². The first-order chi connectivity index (χ1) is 9.37. The van der Waals surface area contributed by atoms with Crippen LogP contribution in [0, 0.1) is 5.41 Å². The van der Waals surface area contributed by atoms with Crippen molar-refractivity contribution in [2.45, 2.75) is 26.7 Å². The van der Waals surface area contributed by atoms with E-state index in [1.807, 2.05) is 12.1 Å². The zero-order valence-corrected chi connectivity index (χ0v) is 13.5. The number of piperidine rings is 1. The molecule has 4 heteroatoms. The predicted octanol–water partition coefficient (Wildman–Crippen LogP) is 4.17. The number of benzene rings is 1. The minimum atomic E-state index is -0.928. The van der Waals surface area contributed by atoms with E-state index < -0.39 is 5.97 Å². The highest BCUT2D eigenvalue weighted by atomic mass is 79.9. The van der Waals surface area contributed by atoms with Gasteiger partial charge in [-0.2, -0.15) is 0 Å². The molecule has 0 aliphatic carbocycles. The van der Waals surface area contributed by atoms with Gasteiger partial charge in [-0.15, -0.1) is 0 Å². The van der Waals surface area contributed by atoms with E-state index in [-0.39, 0.29) is 0 Å². The van der Waals surface area contributed by atoms with Crippen molar-refractivity contribution in [2.24, 2.45) is 5.41 Å². The van der Waals surface area contributed by atoms with Gasteiger partial charge in [0.1, 0.15) is 0 Å². The summed E-state index contributed by atoms with van der Waals surface area (Å²) in [5.74, 6) is -0.928. The molecule has 2 rings (SSSR count). The molecule has 3 nitrogen and oxygen atoms in total. The minimum Gasteiger partial charge on any atom is -0.478 e. The van der Waals surface area contributed by atoms with Gasteiger partial charge in [0.25, 0.3) is 0 Å². The number of nitrogens with zero attached hydrogens (tertiary/aromatic N) is 1.